The van der Waals surface area contributed by atoms with Gasteiger partial charge in [-0.25, -0.2) is 13.4 Å². The summed E-state index contributed by atoms with van der Waals surface area (Å²) in [5.74, 6) is 0.242. The Morgan fingerprint density at radius 2 is 1.90 bits per heavy atom. The summed E-state index contributed by atoms with van der Waals surface area (Å²) in [5, 5.41) is 4.46. The van der Waals surface area contributed by atoms with E-state index in [9.17, 15) is 13.2 Å². The fourth-order valence-corrected chi connectivity index (χ4v) is 5.39. The molecule has 1 atom stereocenters. The van der Waals surface area contributed by atoms with Gasteiger partial charge in [0.1, 0.15) is 16.1 Å². The second-order valence-electron chi connectivity index (χ2n) is 7.46. The molecule has 1 saturated heterocycles. The fraction of sp³-hybridized carbons (Fsp3) is 0.474. The SMILES string of the molecule is CC(C)[C@H](NS(=O)(=O)c1cccs1)C(=O)Nc1ccc(N2CCN(C)CC2)nc1. The van der Waals surface area contributed by atoms with Gasteiger partial charge < -0.3 is 15.1 Å². The van der Waals surface area contributed by atoms with Crippen molar-refractivity contribution in [2.45, 2.75) is 24.1 Å². The van der Waals surface area contributed by atoms with E-state index in [0.29, 0.717) is 5.69 Å². The average molecular weight is 438 g/mol. The molecule has 8 nitrogen and oxygen atoms in total. The number of sulfonamides is 1. The first-order chi connectivity index (χ1) is 13.8. The number of hydrogen-bond acceptors (Lipinski definition) is 7. The number of anilines is 2. The minimum atomic E-state index is -3.74. The Hall–Kier alpha value is -2.01. The van der Waals surface area contributed by atoms with Crippen LogP contribution in [0.4, 0.5) is 11.5 Å². The number of rotatable bonds is 7. The van der Waals surface area contributed by atoms with Crippen molar-refractivity contribution >= 4 is 38.8 Å². The van der Waals surface area contributed by atoms with Gasteiger partial charge in [0.25, 0.3) is 10.0 Å². The summed E-state index contributed by atoms with van der Waals surface area (Å²) in [7, 11) is -1.64. The maximum Gasteiger partial charge on any atom is 0.250 e. The molecule has 0 saturated carbocycles. The van der Waals surface area contributed by atoms with Gasteiger partial charge >= 0.3 is 0 Å². The lowest BCUT2D eigenvalue weighted by Crippen LogP contribution is -2.46. The Morgan fingerprint density at radius 3 is 2.45 bits per heavy atom. The number of pyridine rings is 1. The second kappa shape index (κ2) is 9.21. The maximum absolute atomic E-state index is 12.7. The molecular formula is C19H27N5O3S2. The zero-order valence-electron chi connectivity index (χ0n) is 16.8. The van der Waals surface area contributed by atoms with E-state index in [0.717, 1.165) is 43.3 Å². The summed E-state index contributed by atoms with van der Waals surface area (Å²) in [6.45, 7) is 7.40. The summed E-state index contributed by atoms with van der Waals surface area (Å²) < 4.78 is 27.7. The molecule has 2 N–H and O–H groups in total. The van der Waals surface area contributed by atoms with E-state index in [-0.39, 0.29) is 10.1 Å². The van der Waals surface area contributed by atoms with Gasteiger partial charge in [0.2, 0.25) is 5.91 Å². The number of carbonyl (C=O) groups is 1. The minimum absolute atomic E-state index is 0.189. The van der Waals surface area contributed by atoms with Crippen molar-refractivity contribution in [2.75, 3.05) is 43.4 Å². The first kappa shape index (κ1) is 21.7. The second-order valence-corrected chi connectivity index (χ2v) is 10.3. The van der Waals surface area contributed by atoms with Crippen molar-refractivity contribution < 1.29 is 13.2 Å². The van der Waals surface area contributed by atoms with Gasteiger partial charge in [-0.1, -0.05) is 19.9 Å². The number of aromatic nitrogens is 1. The van der Waals surface area contributed by atoms with E-state index in [1.165, 1.54) is 6.07 Å². The van der Waals surface area contributed by atoms with Gasteiger partial charge in [0.05, 0.1) is 11.9 Å². The molecule has 10 heteroatoms. The van der Waals surface area contributed by atoms with E-state index in [2.05, 4.69) is 31.9 Å². The highest BCUT2D eigenvalue weighted by Crippen LogP contribution is 2.19. The molecular weight excluding hydrogens is 410 g/mol. The van der Waals surface area contributed by atoms with E-state index >= 15 is 0 Å². The molecule has 0 aliphatic carbocycles. The van der Waals surface area contributed by atoms with Gasteiger partial charge in [-0.2, -0.15) is 4.72 Å². The molecule has 1 amide bonds. The van der Waals surface area contributed by atoms with Gasteiger partial charge in [-0.05, 0) is 36.5 Å². The van der Waals surface area contributed by atoms with Crippen LogP contribution in [0.5, 0.6) is 0 Å². The largest absolute Gasteiger partial charge is 0.354 e. The smallest absolute Gasteiger partial charge is 0.250 e. The molecule has 1 aliphatic rings. The fourth-order valence-electron chi connectivity index (χ4n) is 3.04. The Bertz CT molecular complexity index is 906. The predicted molar refractivity (Wildman–Crippen MR) is 116 cm³/mol. The minimum Gasteiger partial charge on any atom is -0.354 e. The number of nitrogens with one attached hydrogen (secondary N) is 2. The Balaban J connectivity index is 1.65. The van der Waals surface area contributed by atoms with Crippen LogP contribution in [0.3, 0.4) is 0 Å². The molecule has 0 aromatic carbocycles. The van der Waals surface area contributed by atoms with E-state index in [1.54, 1.807) is 37.6 Å². The number of nitrogens with zero attached hydrogens (tertiary/aromatic N) is 3. The average Bonchev–Trinajstić information content (AvgIpc) is 3.23. The summed E-state index contributed by atoms with van der Waals surface area (Å²) in [4.78, 5) is 21.7. The van der Waals surface area contributed by atoms with Crippen LogP contribution in [-0.2, 0) is 14.8 Å². The van der Waals surface area contributed by atoms with Crippen LogP contribution in [0, 0.1) is 5.92 Å². The zero-order valence-corrected chi connectivity index (χ0v) is 18.5. The molecule has 3 rings (SSSR count). The van der Waals surface area contributed by atoms with E-state index in [1.807, 2.05) is 6.07 Å². The van der Waals surface area contributed by atoms with Gasteiger partial charge in [0.15, 0.2) is 0 Å². The zero-order chi connectivity index (χ0) is 21.0. The van der Waals surface area contributed by atoms with Crippen LogP contribution in [-0.4, -0.2) is 63.5 Å². The first-order valence-corrected chi connectivity index (χ1v) is 11.9. The number of hydrogen-bond donors (Lipinski definition) is 2. The van der Waals surface area contributed by atoms with Crippen molar-refractivity contribution in [3.8, 4) is 0 Å². The monoisotopic (exact) mass is 437 g/mol. The molecule has 0 radical (unpaired) electrons. The molecule has 0 bridgehead atoms. The van der Waals surface area contributed by atoms with Crippen molar-refractivity contribution in [2.24, 2.45) is 5.92 Å². The Labute approximate surface area is 176 Å². The quantitative estimate of drug-likeness (QED) is 0.686. The van der Waals surface area contributed by atoms with Crippen molar-refractivity contribution in [3.05, 3.63) is 35.8 Å². The molecule has 3 heterocycles. The van der Waals surface area contributed by atoms with Crippen LogP contribution in [0.25, 0.3) is 0 Å². The van der Waals surface area contributed by atoms with Crippen LogP contribution in [0.2, 0.25) is 0 Å². The summed E-state index contributed by atoms with van der Waals surface area (Å²) in [5.41, 5.74) is 0.536. The first-order valence-electron chi connectivity index (χ1n) is 9.52. The number of piperazine rings is 1. The Kier molecular flexibility index (Phi) is 6.89. The topological polar surface area (TPSA) is 94.6 Å². The summed E-state index contributed by atoms with van der Waals surface area (Å²) >= 11 is 1.11. The maximum atomic E-state index is 12.7. The van der Waals surface area contributed by atoms with Crippen molar-refractivity contribution in [3.63, 3.8) is 0 Å². The molecule has 1 aliphatic heterocycles. The number of thiophene rings is 1. The van der Waals surface area contributed by atoms with Crippen LogP contribution in [0.15, 0.2) is 40.1 Å². The third-order valence-corrected chi connectivity index (χ3v) is 7.67. The van der Waals surface area contributed by atoms with Crippen LogP contribution in [0.1, 0.15) is 13.8 Å². The number of likely N-dealkylation sites (N-methyl/N-ethyl adjacent to an activating group) is 1. The predicted octanol–water partition coefficient (Wildman–Crippen LogP) is 1.84. The normalized spacial score (nSPS) is 16.8. The standard InChI is InChI=1S/C19H27N5O3S2/c1-14(2)18(22-29(26,27)17-5-4-12-28-17)19(25)21-15-6-7-16(20-13-15)24-10-8-23(3)9-11-24/h4-7,12-14,18,22H,8-11H2,1-3H3,(H,21,25)/t18-/m0/s1. The van der Waals surface area contributed by atoms with Gasteiger partial charge in [0, 0.05) is 26.2 Å². The van der Waals surface area contributed by atoms with Crippen molar-refractivity contribution in [1.82, 2.24) is 14.6 Å². The Morgan fingerprint density at radius 1 is 1.17 bits per heavy atom. The summed E-state index contributed by atoms with van der Waals surface area (Å²) in [6, 6.07) is 5.96. The molecule has 1 fully saturated rings. The van der Waals surface area contributed by atoms with Gasteiger partial charge in [-0.3, -0.25) is 4.79 Å². The van der Waals surface area contributed by atoms with E-state index in [4.69, 9.17) is 0 Å². The van der Waals surface area contributed by atoms with Crippen molar-refractivity contribution in [1.29, 1.82) is 0 Å². The highest BCUT2D eigenvalue weighted by molar-refractivity contribution is 7.91. The molecule has 29 heavy (non-hydrogen) atoms. The lowest BCUT2D eigenvalue weighted by molar-refractivity contribution is -0.118. The number of amides is 1. The molecule has 2 aromatic heterocycles. The van der Waals surface area contributed by atoms with Crippen LogP contribution < -0.4 is 14.9 Å². The lowest BCUT2D eigenvalue weighted by atomic mass is 10.1. The molecule has 2 aromatic rings. The molecule has 158 valence electrons. The third kappa shape index (κ3) is 5.53. The van der Waals surface area contributed by atoms with Crippen LogP contribution >= 0.6 is 11.3 Å². The van der Waals surface area contributed by atoms with E-state index < -0.39 is 22.0 Å². The molecule has 0 spiro atoms. The highest BCUT2D eigenvalue weighted by atomic mass is 32.2. The summed E-state index contributed by atoms with van der Waals surface area (Å²) in [6.07, 6.45) is 1.61. The third-order valence-electron chi connectivity index (χ3n) is 4.83. The highest BCUT2D eigenvalue weighted by Gasteiger charge is 2.29. The van der Waals surface area contributed by atoms with Gasteiger partial charge in [-0.15, -0.1) is 11.3 Å². The number of carbonyl (C=O) groups excluding carboxylic acids is 1. The lowest BCUT2D eigenvalue weighted by Gasteiger charge is -2.33. The molecule has 0 unspecified atom stereocenters.